The number of nitrogens with one attached hydrogen (secondary N) is 2. The number of carbonyl (C=O) groups excluding carboxylic acids is 2. The van der Waals surface area contributed by atoms with Crippen molar-refractivity contribution in [2.45, 2.75) is 32.5 Å². The number of benzene rings is 1. The molecule has 13 heteroatoms. The highest BCUT2D eigenvalue weighted by Gasteiger charge is 2.34. The Kier molecular flexibility index (Phi) is 7.20. The van der Waals surface area contributed by atoms with Crippen molar-refractivity contribution in [3.8, 4) is 5.75 Å². The van der Waals surface area contributed by atoms with Gasteiger partial charge in [-0.25, -0.2) is 0 Å². The number of ether oxygens (including phenoxy) is 1. The lowest BCUT2D eigenvalue weighted by Crippen LogP contribution is -2.37. The van der Waals surface area contributed by atoms with E-state index in [1.807, 2.05) is 13.8 Å². The SMILES string of the molecule is COc1ccc(Nc2nc(N[C@H](CC(C)C)C(N)=O)nnc2C(N)=O)cc1C(F)(F)F. The first-order chi connectivity index (χ1) is 14.4. The summed E-state index contributed by atoms with van der Waals surface area (Å²) < 4.78 is 44.6. The Morgan fingerprint density at radius 2 is 1.87 bits per heavy atom. The third-order valence-corrected chi connectivity index (χ3v) is 4.04. The van der Waals surface area contributed by atoms with E-state index in [1.54, 1.807) is 0 Å². The van der Waals surface area contributed by atoms with Crippen molar-refractivity contribution >= 4 is 29.3 Å². The number of alkyl halides is 3. The summed E-state index contributed by atoms with van der Waals surface area (Å²) in [6.45, 7) is 3.75. The van der Waals surface area contributed by atoms with Gasteiger partial charge in [0.2, 0.25) is 11.9 Å². The highest BCUT2D eigenvalue weighted by Crippen LogP contribution is 2.38. The highest BCUT2D eigenvalue weighted by atomic mass is 19.4. The van der Waals surface area contributed by atoms with Crippen molar-refractivity contribution in [1.82, 2.24) is 15.2 Å². The van der Waals surface area contributed by atoms with Gasteiger partial charge in [0, 0.05) is 5.69 Å². The van der Waals surface area contributed by atoms with E-state index in [0.29, 0.717) is 6.42 Å². The molecule has 0 bridgehead atoms. The van der Waals surface area contributed by atoms with Crippen molar-refractivity contribution < 1.29 is 27.5 Å². The third kappa shape index (κ3) is 6.17. The van der Waals surface area contributed by atoms with Gasteiger partial charge in [-0.2, -0.15) is 18.2 Å². The normalized spacial score (nSPS) is 12.4. The van der Waals surface area contributed by atoms with Crippen molar-refractivity contribution in [3.05, 3.63) is 29.5 Å². The number of halogens is 3. The van der Waals surface area contributed by atoms with Gasteiger partial charge in [-0.3, -0.25) is 9.59 Å². The lowest BCUT2D eigenvalue weighted by Gasteiger charge is -2.18. The number of primary amides is 2. The van der Waals surface area contributed by atoms with Crippen molar-refractivity contribution in [2.24, 2.45) is 17.4 Å². The topological polar surface area (TPSA) is 158 Å². The van der Waals surface area contributed by atoms with E-state index >= 15 is 0 Å². The van der Waals surface area contributed by atoms with Crippen LogP contribution in [0.1, 0.15) is 36.3 Å². The molecule has 168 valence electrons. The Labute approximate surface area is 175 Å². The van der Waals surface area contributed by atoms with Gasteiger partial charge >= 0.3 is 6.18 Å². The van der Waals surface area contributed by atoms with Crippen LogP contribution in [0.5, 0.6) is 5.75 Å². The Morgan fingerprint density at radius 1 is 1.19 bits per heavy atom. The number of hydrogen-bond donors (Lipinski definition) is 4. The Morgan fingerprint density at radius 3 is 2.39 bits per heavy atom. The van der Waals surface area contributed by atoms with E-state index in [0.717, 1.165) is 19.2 Å². The van der Waals surface area contributed by atoms with Gasteiger partial charge in [0.15, 0.2) is 11.5 Å². The largest absolute Gasteiger partial charge is 0.496 e. The molecule has 0 spiro atoms. The molecule has 10 nitrogen and oxygen atoms in total. The molecule has 0 aliphatic carbocycles. The molecule has 2 amide bonds. The number of hydrogen-bond acceptors (Lipinski definition) is 8. The Bertz CT molecular complexity index is 967. The maximum atomic E-state index is 13.3. The fourth-order valence-corrected chi connectivity index (χ4v) is 2.66. The van der Waals surface area contributed by atoms with Gasteiger partial charge in [0.05, 0.1) is 12.7 Å². The summed E-state index contributed by atoms with van der Waals surface area (Å²) in [7, 11) is 1.11. The minimum absolute atomic E-state index is 0.0595. The van der Waals surface area contributed by atoms with Crippen LogP contribution in [-0.4, -0.2) is 40.1 Å². The summed E-state index contributed by atoms with van der Waals surface area (Å²) in [4.78, 5) is 27.4. The molecule has 0 saturated heterocycles. The number of methoxy groups -OCH3 is 1. The van der Waals surface area contributed by atoms with Gasteiger partial charge in [-0.1, -0.05) is 13.8 Å². The molecule has 1 aromatic heterocycles. The highest BCUT2D eigenvalue weighted by molar-refractivity contribution is 5.96. The zero-order valence-corrected chi connectivity index (χ0v) is 16.9. The van der Waals surface area contributed by atoms with Gasteiger partial charge in [0.1, 0.15) is 11.8 Å². The molecule has 1 aromatic carbocycles. The van der Waals surface area contributed by atoms with Crippen LogP contribution >= 0.6 is 0 Å². The molecule has 6 N–H and O–H groups in total. The molecule has 1 atom stereocenters. The summed E-state index contributed by atoms with van der Waals surface area (Å²) in [5.74, 6) is -2.35. The molecular formula is C18H22F3N7O3. The molecule has 1 heterocycles. The molecule has 31 heavy (non-hydrogen) atoms. The van der Waals surface area contributed by atoms with E-state index in [2.05, 4.69) is 25.8 Å². The summed E-state index contributed by atoms with van der Waals surface area (Å²) in [5, 5.41) is 12.6. The van der Waals surface area contributed by atoms with E-state index in [-0.39, 0.29) is 29.1 Å². The van der Waals surface area contributed by atoms with Gasteiger partial charge < -0.3 is 26.8 Å². The molecule has 0 aliphatic heterocycles. The first-order valence-corrected chi connectivity index (χ1v) is 9.05. The molecule has 2 aromatic rings. The lowest BCUT2D eigenvalue weighted by molar-refractivity contribution is -0.138. The minimum atomic E-state index is -4.68. The van der Waals surface area contributed by atoms with Crippen LogP contribution in [0.4, 0.5) is 30.6 Å². The molecule has 2 rings (SSSR count). The second-order valence-electron chi connectivity index (χ2n) is 6.96. The van der Waals surface area contributed by atoms with Crippen LogP contribution in [0.2, 0.25) is 0 Å². The van der Waals surface area contributed by atoms with Crippen LogP contribution in [0.3, 0.4) is 0 Å². The predicted octanol–water partition coefficient (Wildman–Crippen LogP) is 2.05. The number of nitrogens with two attached hydrogens (primary N) is 2. The molecule has 0 radical (unpaired) electrons. The molecule has 0 unspecified atom stereocenters. The minimum Gasteiger partial charge on any atom is -0.496 e. The molecule has 0 aliphatic rings. The molecule has 0 saturated carbocycles. The van der Waals surface area contributed by atoms with Crippen molar-refractivity contribution in [1.29, 1.82) is 0 Å². The Hall–Kier alpha value is -3.64. The summed E-state index contributed by atoms with van der Waals surface area (Å²) >= 11 is 0. The zero-order valence-electron chi connectivity index (χ0n) is 16.9. The zero-order chi connectivity index (χ0) is 23.3. The smallest absolute Gasteiger partial charge is 0.420 e. The second kappa shape index (κ2) is 9.45. The van der Waals surface area contributed by atoms with Crippen LogP contribution in [0.15, 0.2) is 18.2 Å². The first kappa shape index (κ1) is 23.6. The Balaban J connectivity index is 2.42. The number of aromatic nitrogens is 3. The maximum Gasteiger partial charge on any atom is 0.420 e. The molecule has 0 fully saturated rings. The fraction of sp³-hybridized carbons (Fsp3) is 0.389. The quantitative estimate of drug-likeness (QED) is 0.460. The fourth-order valence-electron chi connectivity index (χ4n) is 2.66. The molecular weight excluding hydrogens is 419 g/mol. The van der Waals surface area contributed by atoms with Gasteiger partial charge in [-0.05, 0) is 30.5 Å². The number of amides is 2. The standard InChI is InChI=1S/C18H22F3N7O3/c1-8(2)6-11(14(22)29)25-17-26-16(13(15(23)30)27-28-17)24-9-4-5-12(31-3)10(7-9)18(19,20)21/h4-5,7-8,11H,6H2,1-3H3,(H2,22,29)(H2,23,30)(H2,24,25,26,28)/t11-/m1/s1. The van der Waals surface area contributed by atoms with Crippen LogP contribution in [-0.2, 0) is 11.0 Å². The van der Waals surface area contributed by atoms with E-state index in [9.17, 15) is 22.8 Å². The number of carbonyl (C=O) groups is 2. The lowest BCUT2D eigenvalue weighted by atomic mass is 10.0. The predicted molar refractivity (Wildman–Crippen MR) is 106 cm³/mol. The van der Waals surface area contributed by atoms with Crippen LogP contribution < -0.4 is 26.8 Å². The average molecular weight is 441 g/mol. The second-order valence-corrected chi connectivity index (χ2v) is 6.96. The third-order valence-electron chi connectivity index (χ3n) is 4.04. The van der Waals surface area contributed by atoms with Gasteiger partial charge in [-0.15, -0.1) is 10.2 Å². The number of rotatable bonds is 9. The number of anilines is 3. The summed E-state index contributed by atoms with van der Waals surface area (Å²) in [6.07, 6.45) is -4.32. The van der Waals surface area contributed by atoms with E-state index in [4.69, 9.17) is 16.2 Å². The van der Waals surface area contributed by atoms with Gasteiger partial charge in [0.25, 0.3) is 5.91 Å². The summed E-state index contributed by atoms with van der Waals surface area (Å²) in [5.41, 5.74) is 9.13. The average Bonchev–Trinajstić information content (AvgIpc) is 2.66. The maximum absolute atomic E-state index is 13.3. The van der Waals surface area contributed by atoms with Crippen molar-refractivity contribution in [2.75, 3.05) is 17.7 Å². The van der Waals surface area contributed by atoms with E-state index in [1.165, 1.54) is 6.07 Å². The monoisotopic (exact) mass is 441 g/mol. The van der Waals surface area contributed by atoms with Crippen LogP contribution in [0, 0.1) is 5.92 Å². The summed E-state index contributed by atoms with van der Waals surface area (Å²) in [6, 6.07) is 2.35. The first-order valence-electron chi connectivity index (χ1n) is 9.05. The van der Waals surface area contributed by atoms with E-state index < -0.39 is 35.3 Å². The van der Waals surface area contributed by atoms with Crippen molar-refractivity contribution in [3.63, 3.8) is 0 Å². The number of nitrogens with zero attached hydrogens (tertiary/aromatic N) is 3. The van der Waals surface area contributed by atoms with Crippen LogP contribution in [0.25, 0.3) is 0 Å².